The van der Waals surface area contributed by atoms with Crippen LogP contribution in [0.25, 0.3) is 10.2 Å². The first-order valence-electron chi connectivity index (χ1n) is 9.57. The van der Waals surface area contributed by atoms with Crippen molar-refractivity contribution >= 4 is 68.2 Å². The molecule has 4 aromatic rings. The zero-order valence-corrected chi connectivity index (χ0v) is 19.9. The Balaban J connectivity index is 0.00000272. The molecule has 0 aliphatic rings. The molecule has 4 rings (SSSR count). The fraction of sp³-hybridized carbons (Fsp3) is 0.227. The third-order valence-electron chi connectivity index (χ3n) is 4.80. The van der Waals surface area contributed by atoms with E-state index in [1.807, 2.05) is 42.0 Å². The summed E-state index contributed by atoms with van der Waals surface area (Å²) < 4.78 is 2.98. The molecule has 162 valence electrons. The minimum absolute atomic E-state index is 0. The highest BCUT2D eigenvalue weighted by Gasteiger charge is 2.20. The summed E-state index contributed by atoms with van der Waals surface area (Å²) in [6.45, 7) is 3.33. The molecule has 31 heavy (non-hydrogen) atoms. The van der Waals surface area contributed by atoms with Crippen molar-refractivity contribution in [2.24, 2.45) is 0 Å². The fourth-order valence-electron chi connectivity index (χ4n) is 3.29. The van der Waals surface area contributed by atoms with Crippen molar-refractivity contribution in [3.8, 4) is 0 Å². The Morgan fingerprint density at radius 3 is 2.65 bits per heavy atom. The number of anilines is 1. The summed E-state index contributed by atoms with van der Waals surface area (Å²) in [6, 6.07) is 11.2. The van der Waals surface area contributed by atoms with Crippen LogP contribution in [0.5, 0.6) is 0 Å². The van der Waals surface area contributed by atoms with Crippen molar-refractivity contribution in [2.45, 2.75) is 26.3 Å². The molecule has 0 atom stereocenters. The number of carbonyl (C=O) groups is 1. The number of imidazole rings is 1. The average Bonchev–Trinajstić information content (AvgIpc) is 3.36. The number of carbonyl (C=O) groups excluding carboxylic acids is 1. The molecule has 0 N–H and O–H groups in total. The summed E-state index contributed by atoms with van der Waals surface area (Å²) in [4.78, 5) is 23.9. The largest absolute Gasteiger partial charge is 0.337 e. The Kier molecular flexibility index (Phi) is 7.94. The maximum Gasteiger partial charge on any atom is 0.233 e. The maximum absolute atomic E-state index is 13.2. The third-order valence-corrected chi connectivity index (χ3v) is 6.29. The molecule has 5 nitrogen and oxygen atoms in total. The molecule has 0 bridgehead atoms. The number of aryl methyl sites for hydroxylation is 2. The second-order valence-corrected chi connectivity index (χ2v) is 8.95. The average molecular weight is 496 g/mol. The second kappa shape index (κ2) is 10.5. The van der Waals surface area contributed by atoms with Gasteiger partial charge in [-0.2, -0.15) is 0 Å². The SMILES string of the molecule is Cc1cc(Cl)cc2sc(N(CCCn3ccnc3)C(=O)Cc3ccc(Cl)cc3)nc12.Cl. The summed E-state index contributed by atoms with van der Waals surface area (Å²) in [6.07, 6.45) is 6.53. The van der Waals surface area contributed by atoms with Gasteiger partial charge in [0, 0.05) is 35.5 Å². The molecule has 0 saturated heterocycles. The van der Waals surface area contributed by atoms with Crippen molar-refractivity contribution in [1.29, 1.82) is 0 Å². The van der Waals surface area contributed by atoms with Crippen LogP contribution in [0, 0.1) is 6.92 Å². The smallest absolute Gasteiger partial charge is 0.233 e. The molecule has 2 aromatic carbocycles. The topological polar surface area (TPSA) is 51.0 Å². The lowest BCUT2D eigenvalue weighted by atomic mass is 10.1. The summed E-state index contributed by atoms with van der Waals surface area (Å²) in [5.74, 6) is 0.00533. The van der Waals surface area contributed by atoms with E-state index in [9.17, 15) is 4.79 Å². The van der Waals surface area contributed by atoms with Gasteiger partial charge in [-0.15, -0.1) is 12.4 Å². The summed E-state index contributed by atoms with van der Waals surface area (Å²) in [7, 11) is 0. The van der Waals surface area contributed by atoms with Crippen LogP contribution < -0.4 is 4.90 Å². The van der Waals surface area contributed by atoms with E-state index in [0.717, 1.165) is 34.3 Å². The van der Waals surface area contributed by atoms with Gasteiger partial charge in [0.2, 0.25) is 5.91 Å². The number of rotatable bonds is 7. The van der Waals surface area contributed by atoms with Crippen molar-refractivity contribution in [2.75, 3.05) is 11.4 Å². The molecule has 1 amide bonds. The van der Waals surface area contributed by atoms with Crippen LogP contribution >= 0.6 is 46.9 Å². The number of hydrogen-bond donors (Lipinski definition) is 0. The van der Waals surface area contributed by atoms with E-state index in [2.05, 4.69) is 4.98 Å². The van der Waals surface area contributed by atoms with Gasteiger partial charge in [0.1, 0.15) is 0 Å². The number of hydrogen-bond acceptors (Lipinski definition) is 4. The molecule has 0 unspecified atom stereocenters. The van der Waals surface area contributed by atoms with E-state index in [1.165, 1.54) is 11.3 Å². The zero-order chi connectivity index (χ0) is 21.1. The Hall–Kier alpha value is -2.12. The minimum Gasteiger partial charge on any atom is -0.337 e. The van der Waals surface area contributed by atoms with Crippen LogP contribution in [0.1, 0.15) is 17.5 Å². The van der Waals surface area contributed by atoms with Crippen LogP contribution in [0.3, 0.4) is 0 Å². The van der Waals surface area contributed by atoms with E-state index >= 15 is 0 Å². The Morgan fingerprint density at radius 1 is 1.16 bits per heavy atom. The highest BCUT2D eigenvalue weighted by atomic mass is 35.5. The third kappa shape index (κ3) is 5.77. The van der Waals surface area contributed by atoms with E-state index < -0.39 is 0 Å². The van der Waals surface area contributed by atoms with E-state index in [4.69, 9.17) is 28.2 Å². The summed E-state index contributed by atoms with van der Waals surface area (Å²) in [5.41, 5.74) is 2.81. The minimum atomic E-state index is 0. The zero-order valence-electron chi connectivity index (χ0n) is 16.8. The van der Waals surface area contributed by atoms with Gasteiger partial charge in [0.05, 0.1) is 23.0 Å². The van der Waals surface area contributed by atoms with Crippen molar-refractivity contribution in [3.05, 3.63) is 76.3 Å². The van der Waals surface area contributed by atoms with Gasteiger partial charge in [-0.25, -0.2) is 9.97 Å². The number of amides is 1. The molecule has 2 heterocycles. The van der Waals surface area contributed by atoms with Crippen LogP contribution in [0.4, 0.5) is 5.13 Å². The normalized spacial score (nSPS) is 10.8. The van der Waals surface area contributed by atoms with E-state index in [-0.39, 0.29) is 24.7 Å². The van der Waals surface area contributed by atoms with Gasteiger partial charge in [-0.1, -0.05) is 46.7 Å². The highest BCUT2D eigenvalue weighted by Crippen LogP contribution is 2.33. The van der Waals surface area contributed by atoms with Gasteiger partial charge in [0.25, 0.3) is 0 Å². The highest BCUT2D eigenvalue weighted by molar-refractivity contribution is 7.22. The number of thiazole rings is 1. The first-order valence-corrected chi connectivity index (χ1v) is 11.1. The quantitative estimate of drug-likeness (QED) is 0.307. The fourth-order valence-corrected chi connectivity index (χ4v) is 4.88. The van der Waals surface area contributed by atoms with E-state index in [1.54, 1.807) is 29.6 Å². The molecule has 0 aliphatic heterocycles. The maximum atomic E-state index is 13.2. The van der Waals surface area contributed by atoms with Crippen LogP contribution in [-0.4, -0.2) is 27.0 Å². The molecule has 0 fully saturated rings. The summed E-state index contributed by atoms with van der Waals surface area (Å²) in [5, 5.41) is 2.02. The van der Waals surface area contributed by atoms with Gasteiger partial charge in [-0.05, 0) is 48.7 Å². The lowest BCUT2D eigenvalue weighted by Crippen LogP contribution is -2.33. The Morgan fingerprint density at radius 2 is 1.94 bits per heavy atom. The first kappa shape index (κ1) is 23.5. The number of fused-ring (bicyclic) bond motifs is 1. The Bertz CT molecular complexity index is 1160. The molecular weight excluding hydrogens is 475 g/mol. The predicted molar refractivity (Wildman–Crippen MR) is 131 cm³/mol. The molecule has 2 aromatic heterocycles. The van der Waals surface area contributed by atoms with Gasteiger partial charge in [0.15, 0.2) is 5.13 Å². The molecule has 0 radical (unpaired) electrons. The lowest BCUT2D eigenvalue weighted by molar-refractivity contribution is -0.118. The molecule has 0 aliphatic carbocycles. The number of aromatic nitrogens is 3. The van der Waals surface area contributed by atoms with Crippen LogP contribution in [0.15, 0.2) is 55.1 Å². The molecule has 9 heteroatoms. The second-order valence-electron chi connectivity index (χ2n) is 7.07. The number of halogens is 3. The first-order chi connectivity index (χ1) is 14.5. The van der Waals surface area contributed by atoms with Gasteiger partial charge >= 0.3 is 0 Å². The molecule has 0 saturated carbocycles. The molecular formula is C22H21Cl3N4OS. The number of benzene rings is 2. The monoisotopic (exact) mass is 494 g/mol. The Labute approximate surface area is 201 Å². The standard InChI is InChI=1S/C22H20Cl2N4OS.ClH/c1-15-11-18(24)13-19-21(15)26-22(30-19)28(9-2-8-27-10-7-25-14-27)20(29)12-16-3-5-17(23)6-4-16;/h3-7,10-11,13-14H,2,8-9,12H2,1H3;1H. The van der Waals surface area contributed by atoms with Crippen molar-refractivity contribution in [3.63, 3.8) is 0 Å². The molecule has 0 spiro atoms. The predicted octanol–water partition coefficient (Wildman–Crippen LogP) is 6.20. The van der Waals surface area contributed by atoms with Crippen LogP contribution in [-0.2, 0) is 17.8 Å². The van der Waals surface area contributed by atoms with Crippen molar-refractivity contribution in [1.82, 2.24) is 14.5 Å². The van der Waals surface area contributed by atoms with Crippen molar-refractivity contribution < 1.29 is 4.79 Å². The van der Waals surface area contributed by atoms with Gasteiger partial charge < -0.3 is 4.57 Å². The summed E-state index contributed by atoms with van der Waals surface area (Å²) >= 11 is 13.7. The van der Waals surface area contributed by atoms with Crippen LogP contribution in [0.2, 0.25) is 10.0 Å². The lowest BCUT2D eigenvalue weighted by Gasteiger charge is -2.20. The van der Waals surface area contributed by atoms with E-state index in [0.29, 0.717) is 21.7 Å². The van der Waals surface area contributed by atoms with Gasteiger partial charge in [-0.3, -0.25) is 9.69 Å². The number of nitrogens with zero attached hydrogens (tertiary/aromatic N) is 4.